The van der Waals surface area contributed by atoms with Crippen molar-refractivity contribution in [1.82, 2.24) is 5.32 Å². The summed E-state index contributed by atoms with van der Waals surface area (Å²) >= 11 is 9.41. The van der Waals surface area contributed by atoms with Crippen LogP contribution in [0, 0.1) is 6.92 Å². The molecule has 0 unspecified atom stereocenters. The van der Waals surface area contributed by atoms with Crippen molar-refractivity contribution in [2.45, 2.75) is 13.5 Å². The van der Waals surface area contributed by atoms with Crippen molar-refractivity contribution >= 4 is 57.1 Å². The van der Waals surface area contributed by atoms with Gasteiger partial charge in [-0.1, -0.05) is 35.9 Å². The minimum Gasteiger partial charge on any atom is -0.493 e. The number of nitrogens with one attached hydrogen (secondary N) is 1. The van der Waals surface area contributed by atoms with E-state index >= 15 is 0 Å². The summed E-state index contributed by atoms with van der Waals surface area (Å²) in [6.07, 6.45) is 1.41. The van der Waals surface area contributed by atoms with Crippen molar-refractivity contribution in [1.29, 1.82) is 0 Å². The highest BCUT2D eigenvalue weighted by atomic mass is 79.9. The van der Waals surface area contributed by atoms with Gasteiger partial charge in [0.05, 0.1) is 17.3 Å². The molecule has 3 aromatic rings. The summed E-state index contributed by atoms with van der Waals surface area (Å²) in [6, 6.07) is 16.7. The SMILES string of the molecule is COc1cc(/C=C2\C(=O)NC(=O)N(c3cccc(C)c3)C2=O)cc(Br)c1OCc1ccc(Cl)cc1. The highest BCUT2D eigenvalue weighted by Gasteiger charge is 2.36. The van der Waals surface area contributed by atoms with Crippen LogP contribution in [-0.4, -0.2) is 25.0 Å². The molecule has 3 aromatic carbocycles. The Morgan fingerprint density at radius 2 is 1.80 bits per heavy atom. The number of methoxy groups -OCH3 is 1. The van der Waals surface area contributed by atoms with Gasteiger partial charge in [-0.25, -0.2) is 9.69 Å². The van der Waals surface area contributed by atoms with Gasteiger partial charge in [-0.2, -0.15) is 0 Å². The third-order valence-electron chi connectivity index (χ3n) is 5.22. The van der Waals surface area contributed by atoms with Crippen molar-refractivity contribution in [3.05, 3.63) is 92.4 Å². The van der Waals surface area contributed by atoms with Crippen LogP contribution in [0.15, 0.2) is 70.7 Å². The highest BCUT2D eigenvalue weighted by molar-refractivity contribution is 9.10. The summed E-state index contributed by atoms with van der Waals surface area (Å²) in [5, 5.41) is 2.86. The van der Waals surface area contributed by atoms with Crippen LogP contribution in [-0.2, 0) is 16.2 Å². The predicted octanol–water partition coefficient (Wildman–Crippen LogP) is 5.66. The Morgan fingerprint density at radius 3 is 2.49 bits per heavy atom. The fraction of sp³-hybridized carbons (Fsp3) is 0.115. The molecule has 1 aliphatic heterocycles. The zero-order valence-corrected chi connectivity index (χ0v) is 21.1. The Hall–Kier alpha value is -3.62. The number of carbonyl (C=O) groups excluding carboxylic acids is 3. The van der Waals surface area contributed by atoms with Crippen molar-refractivity contribution in [3.8, 4) is 11.5 Å². The van der Waals surface area contributed by atoms with Crippen molar-refractivity contribution in [2.24, 2.45) is 0 Å². The lowest BCUT2D eigenvalue weighted by Gasteiger charge is -2.26. The number of imide groups is 2. The minimum absolute atomic E-state index is 0.185. The Labute approximate surface area is 215 Å². The molecule has 0 bridgehead atoms. The second-order valence-electron chi connectivity index (χ2n) is 7.75. The molecule has 0 spiro atoms. The molecule has 4 rings (SSSR count). The first-order valence-corrected chi connectivity index (χ1v) is 11.7. The van der Waals surface area contributed by atoms with E-state index in [2.05, 4.69) is 21.2 Å². The Kier molecular flexibility index (Phi) is 7.23. The van der Waals surface area contributed by atoms with Crippen LogP contribution < -0.4 is 19.7 Å². The first-order chi connectivity index (χ1) is 16.8. The van der Waals surface area contributed by atoms with Gasteiger partial charge in [0.2, 0.25) is 0 Å². The zero-order chi connectivity index (χ0) is 25.1. The quantitative estimate of drug-likeness (QED) is 0.313. The number of halogens is 2. The van der Waals surface area contributed by atoms with E-state index in [4.69, 9.17) is 21.1 Å². The maximum atomic E-state index is 13.2. The van der Waals surface area contributed by atoms with Gasteiger partial charge in [-0.15, -0.1) is 0 Å². The van der Waals surface area contributed by atoms with E-state index in [0.29, 0.717) is 32.2 Å². The third kappa shape index (κ3) is 5.39. The molecule has 0 aliphatic carbocycles. The predicted molar refractivity (Wildman–Crippen MR) is 137 cm³/mol. The number of carbonyl (C=O) groups is 3. The summed E-state index contributed by atoms with van der Waals surface area (Å²) in [6.45, 7) is 2.12. The fourth-order valence-corrected chi connectivity index (χ4v) is 4.23. The molecule has 1 saturated heterocycles. The monoisotopic (exact) mass is 554 g/mol. The molecule has 0 saturated carbocycles. The molecule has 178 valence electrons. The maximum Gasteiger partial charge on any atom is 0.335 e. The van der Waals surface area contributed by atoms with Crippen LogP contribution in [0.5, 0.6) is 11.5 Å². The average molecular weight is 556 g/mol. The van der Waals surface area contributed by atoms with E-state index < -0.39 is 17.8 Å². The summed E-state index contributed by atoms with van der Waals surface area (Å²) in [4.78, 5) is 39.0. The molecule has 0 radical (unpaired) electrons. The van der Waals surface area contributed by atoms with Crippen molar-refractivity contribution in [2.75, 3.05) is 12.0 Å². The molecule has 0 atom stereocenters. The minimum atomic E-state index is -0.799. The number of nitrogens with zero attached hydrogens (tertiary/aromatic N) is 1. The molecule has 35 heavy (non-hydrogen) atoms. The summed E-state index contributed by atoms with van der Waals surface area (Å²) < 4.78 is 12.0. The van der Waals surface area contributed by atoms with Crippen LogP contribution in [0.1, 0.15) is 16.7 Å². The van der Waals surface area contributed by atoms with E-state index in [1.807, 2.05) is 25.1 Å². The maximum absolute atomic E-state index is 13.2. The lowest BCUT2D eigenvalue weighted by Crippen LogP contribution is -2.54. The van der Waals surface area contributed by atoms with Gasteiger partial charge in [-0.3, -0.25) is 14.9 Å². The lowest BCUT2D eigenvalue weighted by molar-refractivity contribution is -0.122. The number of anilines is 1. The smallest absolute Gasteiger partial charge is 0.335 e. The van der Waals surface area contributed by atoms with Crippen molar-refractivity contribution < 1.29 is 23.9 Å². The number of hydrogen-bond acceptors (Lipinski definition) is 5. The highest BCUT2D eigenvalue weighted by Crippen LogP contribution is 2.38. The van der Waals surface area contributed by atoms with E-state index in [0.717, 1.165) is 16.0 Å². The molecule has 4 amide bonds. The van der Waals surface area contributed by atoms with Gasteiger partial charge in [0.25, 0.3) is 11.8 Å². The summed E-state index contributed by atoms with van der Waals surface area (Å²) in [5.41, 5.74) is 2.48. The Balaban J connectivity index is 1.64. The van der Waals surface area contributed by atoms with Gasteiger partial charge in [0.1, 0.15) is 12.2 Å². The Bertz CT molecular complexity index is 1350. The molecule has 9 heteroatoms. The van der Waals surface area contributed by atoms with Crippen LogP contribution in [0.2, 0.25) is 5.02 Å². The molecular formula is C26H20BrClN2O5. The van der Waals surface area contributed by atoms with Crippen LogP contribution in [0.4, 0.5) is 10.5 Å². The van der Waals surface area contributed by atoms with E-state index in [9.17, 15) is 14.4 Å². The Morgan fingerprint density at radius 1 is 1.06 bits per heavy atom. The van der Waals surface area contributed by atoms with Gasteiger partial charge in [-0.05, 0) is 82.0 Å². The molecular weight excluding hydrogens is 536 g/mol. The topological polar surface area (TPSA) is 84.9 Å². The number of urea groups is 1. The molecule has 1 aliphatic rings. The number of benzene rings is 3. The number of hydrogen-bond donors (Lipinski definition) is 1. The van der Waals surface area contributed by atoms with Crippen LogP contribution >= 0.6 is 27.5 Å². The number of barbiturate groups is 1. The third-order valence-corrected chi connectivity index (χ3v) is 6.06. The summed E-state index contributed by atoms with van der Waals surface area (Å²) in [7, 11) is 1.49. The molecule has 7 nitrogen and oxygen atoms in total. The normalized spacial score (nSPS) is 14.8. The number of aryl methyl sites for hydroxylation is 1. The zero-order valence-electron chi connectivity index (χ0n) is 18.8. The lowest BCUT2D eigenvalue weighted by atomic mass is 10.1. The van der Waals surface area contributed by atoms with Gasteiger partial charge in [0, 0.05) is 5.02 Å². The molecule has 1 fully saturated rings. The first-order valence-electron chi connectivity index (χ1n) is 10.5. The van der Waals surface area contributed by atoms with Gasteiger partial charge >= 0.3 is 6.03 Å². The van der Waals surface area contributed by atoms with Gasteiger partial charge in [0.15, 0.2) is 11.5 Å². The molecule has 0 aromatic heterocycles. The van der Waals surface area contributed by atoms with Gasteiger partial charge < -0.3 is 9.47 Å². The van der Waals surface area contributed by atoms with E-state index in [1.54, 1.807) is 42.5 Å². The fourth-order valence-electron chi connectivity index (χ4n) is 3.52. The second kappa shape index (κ2) is 10.3. The van der Waals surface area contributed by atoms with Crippen LogP contribution in [0.3, 0.4) is 0 Å². The van der Waals surface area contributed by atoms with Crippen molar-refractivity contribution in [3.63, 3.8) is 0 Å². The second-order valence-corrected chi connectivity index (χ2v) is 9.04. The van der Waals surface area contributed by atoms with E-state index in [1.165, 1.54) is 13.2 Å². The average Bonchev–Trinajstić information content (AvgIpc) is 2.82. The standard InChI is InChI=1S/C26H20BrClN2O5/c1-15-4-3-5-19(10-15)30-25(32)20(24(31)29-26(30)33)11-17-12-21(27)23(22(13-17)34-2)35-14-16-6-8-18(28)9-7-16/h3-13H,14H2,1-2H3,(H,29,31,33)/b20-11+. The number of rotatable bonds is 6. The summed E-state index contributed by atoms with van der Waals surface area (Å²) in [5.74, 6) is -0.638. The number of amides is 4. The largest absolute Gasteiger partial charge is 0.493 e. The first kappa shape index (κ1) is 24.5. The van der Waals surface area contributed by atoms with Crippen LogP contribution in [0.25, 0.3) is 6.08 Å². The molecule has 1 heterocycles. The molecule has 1 N–H and O–H groups in total. The number of ether oxygens (including phenoxy) is 2. The van der Waals surface area contributed by atoms with E-state index in [-0.39, 0.29) is 12.2 Å².